The molecule has 1 aromatic rings. The Morgan fingerprint density at radius 3 is 2.29 bits per heavy atom. The maximum absolute atomic E-state index is 9.39. The Labute approximate surface area is 97.8 Å². The number of rotatable bonds is 3. The third-order valence-electron chi connectivity index (χ3n) is 1.65. The van der Waals surface area contributed by atoms with Crippen molar-refractivity contribution in [2.75, 3.05) is 11.9 Å². The van der Waals surface area contributed by atoms with Crippen LogP contribution < -0.4 is 5.32 Å². The molecule has 14 heavy (non-hydrogen) atoms. The van der Waals surface area contributed by atoms with E-state index in [9.17, 15) is 5.11 Å². The largest absolute Gasteiger partial charge is 0.387 e. The molecule has 5 heteroatoms. The summed E-state index contributed by atoms with van der Waals surface area (Å²) >= 11 is 16.5. The van der Waals surface area contributed by atoms with Gasteiger partial charge in [-0.2, -0.15) is 0 Å². The molecule has 0 aliphatic heterocycles. The van der Waals surface area contributed by atoms with E-state index in [-0.39, 0.29) is 6.54 Å². The molecule has 0 aliphatic carbocycles. The van der Waals surface area contributed by atoms with Crippen LogP contribution in [0.3, 0.4) is 0 Å². The fourth-order valence-electron chi connectivity index (χ4n) is 0.886. The Morgan fingerprint density at radius 2 is 1.79 bits per heavy atom. The second-order valence-electron chi connectivity index (χ2n) is 2.80. The zero-order chi connectivity index (χ0) is 10.6. The number of para-hydroxylation sites is 1. The number of benzene rings is 1. The minimum absolute atomic E-state index is 0.195. The van der Waals surface area contributed by atoms with Gasteiger partial charge in [0.1, 0.15) is 6.10 Å². The lowest BCUT2D eigenvalue weighted by Gasteiger charge is -2.19. The monoisotopic (exact) mass is 253 g/mol. The Kier molecular flexibility index (Phi) is 4.32. The number of alkyl halides is 3. The number of aliphatic hydroxyl groups is 1. The van der Waals surface area contributed by atoms with E-state index in [2.05, 4.69) is 5.32 Å². The second-order valence-corrected chi connectivity index (χ2v) is 5.17. The van der Waals surface area contributed by atoms with Crippen molar-refractivity contribution in [2.24, 2.45) is 0 Å². The standard InChI is InChI=1S/C9H10Cl3NO/c10-9(11,12)8(14)6-13-7-4-2-1-3-5-7/h1-5,8,13-14H,6H2. The normalized spacial score (nSPS) is 13.7. The lowest BCUT2D eigenvalue weighted by molar-refractivity contribution is 0.192. The van der Waals surface area contributed by atoms with Crippen LogP contribution in [0.25, 0.3) is 0 Å². The van der Waals surface area contributed by atoms with Gasteiger partial charge in [0.25, 0.3) is 0 Å². The molecule has 1 atom stereocenters. The Balaban J connectivity index is 2.42. The van der Waals surface area contributed by atoms with Gasteiger partial charge < -0.3 is 10.4 Å². The van der Waals surface area contributed by atoms with E-state index in [1.54, 1.807) is 0 Å². The highest BCUT2D eigenvalue weighted by molar-refractivity contribution is 6.68. The van der Waals surface area contributed by atoms with Crippen molar-refractivity contribution in [3.05, 3.63) is 30.3 Å². The van der Waals surface area contributed by atoms with Crippen LogP contribution in [0, 0.1) is 0 Å². The van der Waals surface area contributed by atoms with E-state index < -0.39 is 9.90 Å². The molecule has 0 saturated heterocycles. The highest BCUT2D eigenvalue weighted by Crippen LogP contribution is 2.30. The van der Waals surface area contributed by atoms with Crippen LogP contribution in [-0.2, 0) is 0 Å². The summed E-state index contributed by atoms with van der Waals surface area (Å²) in [5.41, 5.74) is 0.876. The molecule has 2 N–H and O–H groups in total. The molecule has 0 heterocycles. The van der Waals surface area contributed by atoms with E-state index in [0.29, 0.717) is 0 Å². The fraction of sp³-hybridized carbons (Fsp3) is 0.333. The van der Waals surface area contributed by atoms with Gasteiger partial charge in [0.05, 0.1) is 0 Å². The second kappa shape index (κ2) is 5.08. The summed E-state index contributed by atoms with van der Waals surface area (Å²) in [4.78, 5) is 0. The molecule has 1 aromatic carbocycles. The van der Waals surface area contributed by atoms with Crippen LogP contribution in [-0.4, -0.2) is 21.5 Å². The van der Waals surface area contributed by atoms with Crippen LogP contribution in [0.5, 0.6) is 0 Å². The van der Waals surface area contributed by atoms with Gasteiger partial charge in [0.2, 0.25) is 3.79 Å². The quantitative estimate of drug-likeness (QED) is 0.813. The van der Waals surface area contributed by atoms with Gasteiger partial charge in [-0.25, -0.2) is 0 Å². The summed E-state index contributed by atoms with van der Waals surface area (Å²) in [7, 11) is 0. The van der Waals surface area contributed by atoms with E-state index in [4.69, 9.17) is 34.8 Å². The van der Waals surface area contributed by atoms with Crippen LogP contribution in [0.15, 0.2) is 30.3 Å². The number of aliphatic hydroxyl groups excluding tert-OH is 1. The summed E-state index contributed by atoms with van der Waals surface area (Å²) in [6.07, 6.45) is -1.03. The smallest absolute Gasteiger partial charge is 0.217 e. The SMILES string of the molecule is OC(CNc1ccccc1)C(Cl)(Cl)Cl. The number of halogens is 3. The molecule has 0 bridgehead atoms. The van der Waals surface area contributed by atoms with Gasteiger partial charge in [0.15, 0.2) is 0 Å². The lowest BCUT2D eigenvalue weighted by Crippen LogP contribution is -2.32. The summed E-state index contributed by atoms with van der Waals surface area (Å²) < 4.78 is -1.65. The molecule has 1 unspecified atom stereocenters. The van der Waals surface area contributed by atoms with Gasteiger partial charge in [0, 0.05) is 12.2 Å². The predicted octanol–water partition coefficient (Wildman–Crippen LogP) is 2.83. The van der Waals surface area contributed by atoms with Crippen molar-refractivity contribution in [2.45, 2.75) is 9.90 Å². The highest BCUT2D eigenvalue weighted by atomic mass is 35.6. The summed E-state index contributed by atoms with van der Waals surface area (Å²) in [6, 6.07) is 9.39. The van der Waals surface area contributed by atoms with Crippen molar-refractivity contribution >= 4 is 40.5 Å². The molecule has 1 rings (SSSR count). The van der Waals surface area contributed by atoms with Gasteiger partial charge in [-0.05, 0) is 12.1 Å². The third kappa shape index (κ3) is 3.93. The zero-order valence-electron chi connectivity index (χ0n) is 7.25. The van der Waals surface area contributed by atoms with E-state index in [1.807, 2.05) is 30.3 Å². The zero-order valence-corrected chi connectivity index (χ0v) is 9.52. The van der Waals surface area contributed by atoms with Crippen LogP contribution in [0.1, 0.15) is 0 Å². The van der Waals surface area contributed by atoms with E-state index in [0.717, 1.165) is 5.69 Å². The first kappa shape index (κ1) is 11.9. The molecule has 0 saturated carbocycles. The summed E-state index contributed by atoms with van der Waals surface area (Å²) in [6.45, 7) is 0.195. The molecule has 0 amide bonds. The predicted molar refractivity (Wildman–Crippen MR) is 61.2 cm³/mol. The van der Waals surface area contributed by atoms with Crippen LogP contribution in [0.4, 0.5) is 5.69 Å². The average Bonchev–Trinajstić information content (AvgIpc) is 2.14. The number of hydrogen-bond donors (Lipinski definition) is 2. The van der Waals surface area contributed by atoms with Crippen molar-refractivity contribution in [1.82, 2.24) is 0 Å². The van der Waals surface area contributed by atoms with Crippen molar-refractivity contribution in [3.8, 4) is 0 Å². The first-order valence-corrected chi connectivity index (χ1v) is 5.17. The minimum atomic E-state index is -1.65. The van der Waals surface area contributed by atoms with Crippen LogP contribution >= 0.6 is 34.8 Å². The molecule has 78 valence electrons. The number of anilines is 1. The molecular weight excluding hydrogens is 244 g/mol. The molecule has 0 spiro atoms. The molecule has 0 fully saturated rings. The van der Waals surface area contributed by atoms with E-state index >= 15 is 0 Å². The van der Waals surface area contributed by atoms with Crippen molar-refractivity contribution < 1.29 is 5.11 Å². The fourth-order valence-corrected chi connectivity index (χ4v) is 1.12. The van der Waals surface area contributed by atoms with Gasteiger partial charge in [-0.1, -0.05) is 53.0 Å². The van der Waals surface area contributed by atoms with Gasteiger partial charge in [-0.3, -0.25) is 0 Å². The van der Waals surface area contributed by atoms with Crippen molar-refractivity contribution in [3.63, 3.8) is 0 Å². The van der Waals surface area contributed by atoms with E-state index in [1.165, 1.54) is 0 Å². The van der Waals surface area contributed by atoms with Crippen LogP contribution in [0.2, 0.25) is 0 Å². The molecule has 0 aromatic heterocycles. The van der Waals surface area contributed by atoms with Crippen molar-refractivity contribution in [1.29, 1.82) is 0 Å². The number of nitrogens with one attached hydrogen (secondary N) is 1. The Hall–Kier alpha value is -0.150. The Morgan fingerprint density at radius 1 is 1.21 bits per heavy atom. The molecule has 2 nitrogen and oxygen atoms in total. The lowest BCUT2D eigenvalue weighted by atomic mass is 10.3. The maximum Gasteiger partial charge on any atom is 0.217 e. The molecule has 0 aliphatic rings. The topological polar surface area (TPSA) is 32.3 Å². The summed E-state index contributed by atoms with van der Waals surface area (Å²) in [5, 5.41) is 12.3. The average molecular weight is 255 g/mol. The Bertz CT molecular complexity index is 273. The highest BCUT2D eigenvalue weighted by Gasteiger charge is 2.30. The first-order chi connectivity index (χ1) is 6.50. The molecule has 0 radical (unpaired) electrons. The van der Waals surface area contributed by atoms with Gasteiger partial charge in [-0.15, -0.1) is 0 Å². The van der Waals surface area contributed by atoms with Gasteiger partial charge >= 0.3 is 0 Å². The third-order valence-corrected chi connectivity index (χ3v) is 2.41. The molecular formula is C9H10Cl3NO. The minimum Gasteiger partial charge on any atom is -0.387 e. The first-order valence-electron chi connectivity index (χ1n) is 4.04. The maximum atomic E-state index is 9.39. The number of hydrogen-bond acceptors (Lipinski definition) is 2. The summed E-state index contributed by atoms with van der Waals surface area (Å²) in [5.74, 6) is 0.